The molecular formula is C19H29N. The van der Waals surface area contributed by atoms with Crippen LogP contribution in [-0.2, 0) is 6.54 Å². The second-order valence-corrected chi connectivity index (χ2v) is 5.96. The van der Waals surface area contributed by atoms with E-state index in [0.29, 0.717) is 0 Å². The van der Waals surface area contributed by atoms with Gasteiger partial charge >= 0.3 is 0 Å². The summed E-state index contributed by atoms with van der Waals surface area (Å²) in [5.41, 5.74) is 1.45. The van der Waals surface area contributed by atoms with E-state index >= 15 is 0 Å². The molecule has 1 atom stereocenters. The minimum Gasteiger partial charge on any atom is -0.296 e. The molecule has 1 nitrogen and oxygen atoms in total. The van der Waals surface area contributed by atoms with E-state index in [9.17, 15) is 0 Å². The molecule has 1 saturated heterocycles. The normalized spacial score (nSPS) is 20.6. The van der Waals surface area contributed by atoms with Crippen LogP contribution in [0.2, 0.25) is 0 Å². The van der Waals surface area contributed by atoms with Gasteiger partial charge in [0.2, 0.25) is 0 Å². The molecule has 0 unspecified atom stereocenters. The predicted molar refractivity (Wildman–Crippen MR) is 87.8 cm³/mol. The molecule has 2 rings (SSSR count). The standard InChI is InChI=1S/C19H29N/c1-2-3-4-5-9-14-19-15-10-11-16-20(19)17-18-12-7-6-8-13-18/h5-9,12-13,19H,2-4,10-11,14-17H2,1H3/b9-5+/t19-/m0/s1. The van der Waals surface area contributed by atoms with Gasteiger partial charge in [0, 0.05) is 12.6 Å². The topological polar surface area (TPSA) is 3.24 Å². The average molecular weight is 271 g/mol. The van der Waals surface area contributed by atoms with Crippen LogP contribution in [0.3, 0.4) is 0 Å². The van der Waals surface area contributed by atoms with Gasteiger partial charge in [0.15, 0.2) is 0 Å². The number of hydrogen-bond acceptors (Lipinski definition) is 1. The van der Waals surface area contributed by atoms with Crippen molar-refractivity contribution in [1.29, 1.82) is 0 Å². The minimum absolute atomic E-state index is 0.752. The summed E-state index contributed by atoms with van der Waals surface area (Å²) in [6.07, 6.45) is 14.1. The molecule has 110 valence electrons. The first-order valence-electron chi connectivity index (χ1n) is 8.33. The van der Waals surface area contributed by atoms with Crippen molar-refractivity contribution in [3.63, 3.8) is 0 Å². The molecule has 1 aliphatic heterocycles. The molecule has 0 saturated carbocycles. The number of allylic oxidation sites excluding steroid dienone is 1. The van der Waals surface area contributed by atoms with Gasteiger partial charge in [-0.05, 0) is 37.8 Å². The Morgan fingerprint density at radius 2 is 2.00 bits per heavy atom. The van der Waals surface area contributed by atoms with Gasteiger partial charge in [0.1, 0.15) is 0 Å². The fraction of sp³-hybridized carbons (Fsp3) is 0.579. The molecule has 0 N–H and O–H groups in total. The van der Waals surface area contributed by atoms with Crippen LogP contribution in [0, 0.1) is 0 Å². The SMILES string of the molecule is CCCC/C=C/C[C@H]1CCCCN1Cc1ccccc1. The van der Waals surface area contributed by atoms with Crippen molar-refractivity contribution in [3.05, 3.63) is 48.0 Å². The summed E-state index contributed by atoms with van der Waals surface area (Å²) in [6, 6.07) is 11.7. The predicted octanol–water partition coefficient (Wildman–Crippen LogP) is 5.18. The maximum atomic E-state index is 2.68. The number of unbranched alkanes of at least 4 members (excludes halogenated alkanes) is 2. The largest absolute Gasteiger partial charge is 0.296 e. The first kappa shape index (κ1) is 15.3. The van der Waals surface area contributed by atoms with Crippen molar-refractivity contribution in [1.82, 2.24) is 4.90 Å². The van der Waals surface area contributed by atoms with E-state index in [-0.39, 0.29) is 0 Å². The van der Waals surface area contributed by atoms with E-state index < -0.39 is 0 Å². The summed E-state index contributed by atoms with van der Waals surface area (Å²) < 4.78 is 0. The first-order valence-corrected chi connectivity index (χ1v) is 8.33. The molecule has 0 aliphatic carbocycles. The molecule has 0 bridgehead atoms. The van der Waals surface area contributed by atoms with E-state index in [0.717, 1.165) is 12.6 Å². The van der Waals surface area contributed by atoms with Crippen molar-refractivity contribution in [3.8, 4) is 0 Å². The van der Waals surface area contributed by atoms with Crippen molar-refractivity contribution in [2.75, 3.05) is 6.54 Å². The first-order chi connectivity index (χ1) is 9.90. The fourth-order valence-electron chi connectivity index (χ4n) is 3.05. The Hall–Kier alpha value is -1.08. The Kier molecular flexibility index (Phi) is 6.86. The second kappa shape index (κ2) is 8.97. The van der Waals surface area contributed by atoms with E-state index in [1.807, 2.05) is 0 Å². The van der Waals surface area contributed by atoms with Crippen LogP contribution in [0.15, 0.2) is 42.5 Å². The zero-order valence-corrected chi connectivity index (χ0v) is 12.9. The smallest absolute Gasteiger partial charge is 0.0236 e. The lowest BCUT2D eigenvalue weighted by Gasteiger charge is -2.35. The lowest BCUT2D eigenvalue weighted by Crippen LogP contribution is -2.38. The third kappa shape index (κ3) is 5.13. The van der Waals surface area contributed by atoms with Crippen molar-refractivity contribution in [2.45, 2.75) is 64.5 Å². The van der Waals surface area contributed by atoms with Crippen LogP contribution in [0.25, 0.3) is 0 Å². The Balaban J connectivity index is 1.83. The summed E-state index contributed by atoms with van der Waals surface area (Å²) in [6.45, 7) is 4.65. The number of likely N-dealkylation sites (tertiary alicyclic amines) is 1. The molecule has 0 amide bonds. The van der Waals surface area contributed by atoms with Crippen LogP contribution < -0.4 is 0 Å². The van der Waals surface area contributed by atoms with Crippen LogP contribution in [0.4, 0.5) is 0 Å². The molecule has 1 aliphatic rings. The highest BCUT2D eigenvalue weighted by atomic mass is 15.2. The van der Waals surface area contributed by atoms with Gasteiger partial charge in [0.05, 0.1) is 0 Å². The lowest BCUT2D eigenvalue weighted by atomic mass is 9.98. The maximum absolute atomic E-state index is 2.68. The van der Waals surface area contributed by atoms with Gasteiger partial charge in [-0.15, -0.1) is 0 Å². The van der Waals surface area contributed by atoms with Gasteiger partial charge in [-0.3, -0.25) is 4.90 Å². The van der Waals surface area contributed by atoms with Crippen molar-refractivity contribution >= 4 is 0 Å². The Morgan fingerprint density at radius 3 is 2.80 bits per heavy atom. The van der Waals surface area contributed by atoms with Gasteiger partial charge in [-0.25, -0.2) is 0 Å². The highest BCUT2D eigenvalue weighted by Crippen LogP contribution is 2.22. The maximum Gasteiger partial charge on any atom is 0.0236 e. The van der Waals surface area contributed by atoms with Gasteiger partial charge in [0.25, 0.3) is 0 Å². The molecule has 0 spiro atoms. The summed E-state index contributed by atoms with van der Waals surface area (Å²) in [5, 5.41) is 0. The molecule has 0 aromatic heterocycles. The minimum atomic E-state index is 0.752. The van der Waals surface area contributed by atoms with E-state index in [4.69, 9.17) is 0 Å². The summed E-state index contributed by atoms with van der Waals surface area (Å²) in [7, 11) is 0. The van der Waals surface area contributed by atoms with Gasteiger partial charge < -0.3 is 0 Å². The van der Waals surface area contributed by atoms with Gasteiger partial charge in [-0.2, -0.15) is 0 Å². The van der Waals surface area contributed by atoms with Crippen LogP contribution >= 0.6 is 0 Å². The fourth-order valence-corrected chi connectivity index (χ4v) is 3.05. The molecule has 1 heterocycles. The number of piperidine rings is 1. The molecule has 1 aromatic rings. The highest BCUT2D eigenvalue weighted by Gasteiger charge is 2.20. The Labute approximate surface area is 124 Å². The summed E-state index contributed by atoms with van der Waals surface area (Å²) in [4.78, 5) is 2.68. The molecule has 1 aromatic carbocycles. The van der Waals surface area contributed by atoms with E-state index in [2.05, 4.69) is 54.3 Å². The zero-order valence-electron chi connectivity index (χ0n) is 12.9. The number of hydrogen-bond donors (Lipinski definition) is 0. The molecule has 0 radical (unpaired) electrons. The zero-order chi connectivity index (χ0) is 14.0. The van der Waals surface area contributed by atoms with Crippen molar-refractivity contribution < 1.29 is 0 Å². The van der Waals surface area contributed by atoms with Crippen LogP contribution in [0.5, 0.6) is 0 Å². The monoisotopic (exact) mass is 271 g/mol. The lowest BCUT2D eigenvalue weighted by molar-refractivity contribution is 0.141. The van der Waals surface area contributed by atoms with Crippen molar-refractivity contribution in [2.24, 2.45) is 0 Å². The van der Waals surface area contributed by atoms with E-state index in [1.165, 1.54) is 57.1 Å². The quantitative estimate of drug-likeness (QED) is 0.488. The molecule has 1 heteroatoms. The summed E-state index contributed by atoms with van der Waals surface area (Å²) in [5.74, 6) is 0. The molecular weight excluding hydrogens is 242 g/mol. The van der Waals surface area contributed by atoms with E-state index in [1.54, 1.807) is 0 Å². The average Bonchev–Trinajstić information content (AvgIpc) is 2.50. The van der Waals surface area contributed by atoms with Gasteiger partial charge in [-0.1, -0.05) is 68.7 Å². The van der Waals surface area contributed by atoms with Crippen LogP contribution in [-0.4, -0.2) is 17.5 Å². The molecule has 20 heavy (non-hydrogen) atoms. The number of rotatable bonds is 7. The number of benzene rings is 1. The van der Waals surface area contributed by atoms with Crippen LogP contribution in [0.1, 0.15) is 57.4 Å². The summed E-state index contributed by atoms with van der Waals surface area (Å²) >= 11 is 0. The Bertz CT molecular complexity index is 382. The second-order valence-electron chi connectivity index (χ2n) is 5.96. The third-order valence-electron chi connectivity index (χ3n) is 4.28. The Morgan fingerprint density at radius 1 is 1.15 bits per heavy atom. The highest BCUT2D eigenvalue weighted by molar-refractivity contribution is 5.14. The molecule has 1 fully saturated rings. The third-order valence-corrected chi connectivity index (χ3v) is 4.28. The number of nitrogens with zero attached hydrogens (tertiary/aromatic N) is 1.